The van der Waals surface area contributed by atoms with E-state index in [0.29, 0.717) is 52.2 Å². The van der Waals surface area contributed by atoms with Gasteiger partial charge in [0.05, 0.1) is 19.6 Å². The SMILES string of the molecule is CCCCCNC(=O)CN(CC)CCN(CC(=O)O)CC(CCO)N(CC)CC(=O)NCCCCC. The van der Waals surface area contributed by atoms with Crippen LogP contribution >= 0.6 is 0 Å². The average Bonchev–Trinajstić information content (AvgIpc) is 2.84. The fourth-order valence-electron chi connectivity index (χ4n) is 4.10. The number of aliphatic hydroxyl groups excluding tert-OH is 1. The molecule has 4 N–H and O–H groups in total. The van der Waals surface area contributed by atoms with Gasteiger partial charge in [-0.3, -0.25) is 29.1 Å². The highest BCUT2D eigenvalue weighted by atomic mass is 16.4. The number of nitrogens with zero attached hydrogens (tertiary/aromatic N) is 3. The first-order chi connectivity index (χ1) is 17.3. The molecule has 0 aromatic carbocycles. The summed E-state index contributed by atoms with van der Waals surface area (Å²) in [6, 6.07) is -0.155. The van der Waals surface area contributed by atoms with Gasteiger partial charge in [0.2, 0.25) is 11.8 Å². The molecule has 0 saturated heterocycles. The van der Waals surface area contributed by atoms with Crippen molar-refractivity contribution >= 4 is 17.8 Å². The zero-order chi connectivity index (χ0) is 27.2. The Labute approximate surface area is 218 Å². The van der Waals surface area contributed by atoms with Crippen molar-refractivity contribution in [2.24, 2.45) is 0 Å². The first-order valence-electron chi connectivity index (χ1n) is 13.9. The van der Waals surface area contributed by atoms with Crippen molar-refractivity contribution in [2.75, 3.05) is 72.1 Å². The predicted octanol–water partition coefficient (Wildman–Crippen LogP) is 1.38. The molecule has 2 amide bonds. The lowest BCUT2D eigenvalue weighted by Crippen LogP contribution is -2.50. The Bertz CT molecular complexity index is 593. The van der Waals surface area contributed by atoms with Crippen molar-refractivity contribution in [3.63, 3.8) is 0 Å². The Balaban J connectivity index is 4.99. The number of carboxylic acid groups (broad SMARTS) is 1. The quantitative estimate of drug-likeness (QED) is 0.142. The fraction of sp³-hybridized carbons (Fsp3) is 0.885. The van der Waals surface area contributed by atoms with Crippen molar-refractivity contribution in [1.29, 1.82) is 0 Å². The molecule has 0 heterocycles. The maximum absolute atomic E-state index is 12.4. The van der Waals surface area contributed by atoms with Gasteiger partial charge in [-0.15, -0.1) is 0 Å². The Morgan fingerprint density at radius 1 is 0.750 bits per heavy atom. The van der Waals surface area contributed by atoms with Crippen molar-refractivity contribution in [1.82, 2.24) is 25.3 Å². The Morgan fingerprint density at radius 2 is 1.31 bits per heavy atom. The second kappa shape index (κ2) is 22.4. The third-order valence-corrected chi connectivity index (χ3v) is 6.31. The molecule has 0 aliphatic rings. The van der Waals surface area contributed by atoms with Crippen LogP contribution in [-0.2, 0) is 14.4 Å². The average molecular weight is 516 g/mol. The van der Waals surface area contributed by atoms with E-state index in [9.17, 15) is 24.6 Å². The van der Waals surface area contributed by atoms with Crippen LogP contribution < -0.4 is 10.6 Å². The molecule has 0 radical (unpaired) electrons. The first kappa shape index (κ1) is 34.2. The van der Waals surface area contributed by atoms with E-state index in [-0.39, 0.29) is 44.1 Å². The van der Waals surface area contributed by atoms with E-state index in [0.717, 1.165) is 38.5 Å². The van der Waals surface area contributed by atoms with Gasteiger partial charge in [0, 0.05) is 45.4 Å². The number of unbranched alkanes of at least 4 members (excludes halogenated alkanes) is 4. The zero-order valence-corrected chi connectivity index (χ0v) is 23.3. The molecule has 0 fully saturated rings. The maximum Gasteiger partial charge on any atom is 0.317 e. The number of hydrogen-bond donors (Lipinski definition) is 4. The Hall–Kier alpha value is -1.75. The van der Waals surface area contributed by atoms with Crippen LogP contribution in [0.3, 0.4) is 0 Å². The van der Waals surface area contributed by atoms with Crippen LogP contribution in [0, 0.1) is 0 Å². The van der Waals surface area contributed by atoms with E-state index >= 15 is 0 Å². The standard InChI is InChI=1S/C26H53N5O5/c1-5-9-11-14-27-24(33)20-29(7-3)16-17-30(22-26(35)36)19-23(13-18-32)31(8-4)21-25(34)28-15-12-10-6-2/h23,32H,5-22H2,1-4H3,(H,27,33)(H,28,34)(H,35,36). The van der Waals surface area contributed by atoms with Crippen LogP contribution in [0.2, 0.25) is 0 Å². The van der Waals surface area contributed by atoms with E-state index in [2.05, 4.69) is 24.5 Å². The number of aliphatic hydroxyl groups is 1. The van der Waals surface area contributed by atoms with Crippen molar-refractivity contribution in [3.05, 3.63) is 0 Å². The molecule has 0 aromatic heterocycles. The van der Waals surface area contributed by atoms with Crippen molar-refractivity contribution in [3.8, 4) is 0 Å². The molecule has 0 bridgehead atoms. The van der Waals surface area contributed by atoms with Crippen molar-refractivity contribution < 1.29 is 24.6 Å². The van der Waals surface area contributed by atoms with Gasteiger partial charge < -0.3 is 20.8 Å². The van der Waals surface area contributed by atoms with Gasteiger partial charge in [0.25, 0.3) is 0 Å². The summed E-state index contributed by atoms with van der Waals surface area (Å²) in [5.41, 5.74) is 0. The van der Waals surface area contributed by atoms with E-state index in [1.807, 2.05) is 28.5 Å². The van der Waals surface area contributed by atoms with E-state index in [4.69, 9.17) is 0 Å². The second-order valence-corrected chi connectivity index (χ2v) is 9.34. The minimum atomic E-state index is -0.925. The summed E-state index contributed by atoms with van der Waals surface area (Å²) < 4.78 is 0. The smallest absolute Gasteiger partial charge is 0.317 e. The van der Waals surface area contributed by atoms with Gasteiger partial charge in [0.1, 0.15) is 0 Å². The van der Waals surface area contributed by atoms with Gasteiger partial charge in [-0.25, -0.2) is 0 Å². The van der Waals surface area contributed by atoms with Gasteiger partial charge in [-0.05, 0) is 32.4 Å². The van der Waals surface area contributed by atoms with Gasteiger partial charge >= 0.3 is 5.97 Å². The number of hydrogen-bond acceptors (Lipinski definition) is 7. The van der Waals surface area contributed by atoms with Crippen LogP contribution in [0.1, 0.15) is 72.6 Å². The zero-order valence-electron chi connectivity index (χ0n) is 23.3. The number of carboxylic acids is 1. The van der Waals surface area contributed by atoms with Gasteiger partial charge in [0.15, 0.2) is 0 Å². The summed E-state index contributed by atoms with van der Waals surface area (Å²) >= 11 is 0. The first-order valence-corrected chi connectivity index (χ1v) is 13.9. The van der Waals surface area contributed by atoms with Crippen LogP contribution in [0.25, 0.3) is 0 Å². The summed E-state index contributed by atoms with van der Waals surface area (Å²) in [6.45, 7) is 12.6. The number of carbonyl (C=O) groups is 3. The summed E-state index contributed by atoms with van der Waals surface area (Å²) in [4.78, 5) is 42.1. The highest BCUT2D eigenvalue weighted by Crippen LogP contribution is 2.08. The molecule has 10 heteroatoms. The van der Waals surface area contributed by atoms with Crippen LogP contribution in [-0.4, -0.2) is 121 Å². The molecular formula is C26H53N5O5. The number of rotatable bonds is 24. The molecule has 0 aromatic rings. The third kappa shape index (κ3) is 17.6. The number of amides is 2. The maximum atomic E-state index is 12.4. The molecule has 36 heavy (non-hydrogen) atoms. The largest absolute Gasteiger partial charge is 0.480 e. The third-order valence-electron chi connectivity index (χ3n) is 6.31. The molecular weight excluding hydrogens is 462 g/mol. The topological polar surface area (TPSA) is 125 Å². The summed E-state index contributed by atoms with van der Waals surface area (Å²) in [5.74, 6) is -0.994. The number of aliphatic carboxylic acids is 1. The minimum Gasteiger partial charge on any atom is -0.480 e. The molecule has 0 aliphatic carbocycles. The van der Waals surface area contributed by atoms with E-state index < -0.39 is 5.97 Å². The summed E-state index contributed by atoms with van der Waals surface area (Å²) in [6.07, 6.45) is 6.73. The normalized spacial score (nSPS) is 12.3. The van der Waals surface area contributed by atoms with Crippen LogP contribution in [0.15, 0.2) is 0 Å². The molecule has 0 spiro atoms. The molecule has 1 atom stereocenters. The molecule has 0 aliphatic heterocycles. The van der Waals surface area contributed by atoms with Gasteiger partial charge in [-0.2, -0.15) is 0 Å². The lowest BCUT2D eigenvalue weighted by molar-refractivity contribution is -0.139. The molecule has 212 valence electrons. The second-order valence-electron chi connectivity index (χ2n) is 9.34. The number of carbonyl (C=O) groups excluding carboxylic acids is 2. The number of likely N-dealkylation sites (N-methyl/N-ethyl adjacent to an activating group) is 2. The lowest BCUT2D eigenvalue weighted by atomic mass is 10.1. The fourth-order valence-corrected chi connectivity index (χ4v) is 4.10. The van der Waals surface area contributed by atoms with Crippen molar-refractivity contribution in [2.45, 2.75) is 78.7 Å². The molecule has 0 saturated carbocycles. The molecule has 1 unspecified atom stereocenters. The van der Waals surface area contributed by atoms with Gasteiger partial charge in [-0.1, -0.05) is 53.4 Å². The highest BCUT2D eigenvalue weighted by Gasteiger charge is 2.24. The summed E-state index contributed by atoms with van der Waals surface area (Å²) in [5, 5.41) is 25.0. The Kier molecular flexibility index (Phi) is 21.4. The highest BCUT2D eigenvalue weighted by molar-refractivity contribution is 5.78. The summed E-state index contributed by atoms with van der Waals surface area (Å²) in [7, 11) is 0. The van der Waals surface area contributed by atoms with E-state index in [1.165, 1.54) is 0 Å². The molecule has 10 nitrogen and oxygen atoms in total. The van der Waals surface area contributed by atoms with Crippen LogP contribution in [0.4, 0.5) is 0 Å². The van der Waals surface area contributed by atoms with E-state index in [1.54, 1.807) is 0 Å². The predicted molar refractivity (Wildman–Crippen MR) is 144 cm³/mol. The Morgan fingerprint density at radius 3 is 1.78 bits per heavy atom. The molecule has 0 rings (SSSR count). The number of nitrogens with one attached hydrogen (secondary N) is 2. The minimum absolute atomic E-state index is 0.0157. The monoisotopic (exact) mass is 515 g/mol. The lowest BCUT2D eigenvalue weighted by Gasteiger charge is -2.34. The van der Waals surface area contributed by atoms with Crippen LogP contribution in [0.5, 0.6) is 0 Å².